The number of benzene rings is 1. The monoisotopic (exact) mass is 442 g/mol. The third-order valence-corrected chi connectivity index (χ3v) is 5.69. The van der Waals surface area contributed by atoms with Gasteiger partial charge < -0.3 is 20.3 Å². The molecule has 3 aromatic rings. The van der Waals surface area contributed by atoms with Crippen LogP contribution in [0.1, 0.15) is 33.3 Å². The molecule has 0 spiro atoms. The normalized spacial score (nSPS) is 17.9. The Hall–Kier alpha value is -3.78. The molecular weight excluding hydrogens is 416 g/mol. The summed E-state index contributed by atoms with van der Waals surface area (Å²) in [5.41, 5.74) is 3.37. The predicted molar refractivity (Wildman–Crippen MR) is 127 cm³/mol. The molecule has 8 nitrogen and oxygen atoms in total. The van der Waals surface area contributed by atoms with Gasteiger partial charge in [-0.05, 0) is 55.0 Å². The number of carbonyl (C=O) groups is 1. The molecule has 4 heterocycles. The van der Waals surface area contributed by atoms with E-state index in [0.29, 0.717) is 23.8 Å². The van der Waals surface area contributed by atoms with Crippen molar-refractivity contribution in [3.8, 4) is 0 Å². The number of hydrogen-bond acceptors (Lipinski definition) is 7. The van der Waals surface area contributed by atoms with Gasteiger partial charge in [0.1, 0.15) is 11.6 Å². The Morgan fingerprint density at radius 2 is 1.94 bits per heavy atom. The first-order chi connectivity index (χ1) is 16.2. The Bertz CT molecular complexity index is 1190. The van der Waals surface area contributed by atoms with Crippen LogP contribution < -0.4 is 10.6 Å². The van der Waals surface area contributed by atoms with Crippen LogP contribution in [0.3, 0.4) is 0 Å². The topological polar surface area (TPSA) is 91.7 Å². The van der Waals surface area contributed by atoms with Crippen molar-refractivity contribution in [2.45, 2.75) is 13.0 Å². The fraction of sp³-hybridized carbons (Fsp3) is 0.280. The maximum atomic E-state index is 12.9. The highest BCUT2D eigenvalue weighted by Gasteiger charge is 2.25. The minimum absolute atomic E-state index is 0.0405. The summed E-state index contributed by atoms with van der Waals surface area (Å²) < 4.78 is 6.15. The number of nitrogens with one attached hydrogen (secondary N) is 2. The maximum Gasteiger partial charge on any atom is 0.253 e. The van der Waals surface area contributed by atoms with Crippen LogP contribution in [0.4, 0.5) is 11.6 Å². The smallest absolute Gasteiger partial charge is 0.253 e. The summed E-state index contributed by atoms with van der Waals surface area (Å²) in [5, 5.41) is 6.51. The van der Waals surface area contributed by atoms with Crippen molar-refractivity contribution in [1.82, 2.24) is 20.2 Å². The standard InChI is InChI=1S/C25H26N6O2/c1-17-8-9-27-23(14-17)30-22-7-3-6-20(29-22)21-16-28-24(33-21)18-4-2-5-19(15-18)25(32)31-12-10-26-11-13-31/h2-9,14-15,21,26H,10-13,16H2,1H3,(H,27,29,30). The van der Waals surface area contributed by atoms with E-state index < -0.39 is 0 Å². The van der Waals surface area contributed by atoms with Crippen LogP contribution in [-0.2, 0) is 4.74 Å². The maximum absolute atomic E-state index is 12.9. The molecule has 0 saturated carbocycles. The van der Waals surface area contributed by atoms with Gasteiger partial charge in [-0.3, -0.25) is 4.79 Å². The Morgan fingerprint density at radius 1 is 1.09 bits per heavy atom. The summed E-state index contributed by atoms with van der Waals surface area (Å²) >= 11 is 0. The van der Waals surface area contributed by atoms with E-state index in [1.165, 1.54) is 0 Å². The largest absolute Gasteiger partial charge is 0.466 e. The fourth-order valence-electron chi connectivity index (χ4n) is 3.96. The molecule has 1 amide bonds. The van der Waals surface area contributed by atoms with Gasteiger partial charge in [-0.1, -0.05) is 12.1 Å². The van der Waals surface area contributed by atoms with Crippen molar-refractivity contribution in [2.75, 3.05) is 38.0 Å². The highest BCUT2D eigenvalue weighted by Crippen LogP contribution is 2.26. The van der Waals surface area contributed by atoms with Crippen LogP contribution in [0.5, 0.6) is 0 Å². The zero-order chi connectivity index (χ0) is 22.6. The van der Waals surface area contributed by atoms with Crippen molar-refractivity contribution < 1.29 is 9.53 Å². The van der Waals surface area contributed by atoms with E-state index in [-0.39, 0.29) is 12.0 Å². The molecule has 1 fully saturated rings. The molecule has 2 aromatic heterocycles. The van der Waals surface area contributed by atoms with Crippen LogP contribution in [-0.4, -0.2) is 59.4 Å². The number of amides is 1. The lowest BCUT2D eigenvalue weighted by molar-refractivity contribution is 0.0736. The number of aryl methyl sites for hydroxylation is 1. The van der Waals surface area contributed by atoms with Gasteiger partial charge in [-0.15, -0.1) is 0 Å². The van der Waals surface area contributed by atoms with E-state index in [2.05, 4.69) is 20.6 Å². The van der Waals surface area contributed by atoms with Crippen LogP contribution in [0, 0.1) is 6.92 Å². The Labute approximate surface area is 192 Å². The second-order valence-electron chi connectivity index (χ2n) is 8.17. The van der Waals surface area contributed by atoms with Gasteiger partial charge in [0.25, 0.3) is 5.91 Å². The Balaban J connectivity index is 1.27. The van der Waals surface area contributed by atoms with Crippen molar-refractivity contribution in [3.05, 3.63) is 83.2 Å². The number of pyridine rings is 2. The molecule has 1 aromatic carbocycles. The van der Waals surface area contributed by atoms with Gasteiger partial charge in [-0.2, -0.15) is 0 Å². The minimum Gasteiger partial charge on any atom is -0.466 e. The molecule has 2 aliphatic rings. The fourth-order valence-corrected chi connectivity index (χ4v) is 3.96. The molecule has 2 aliphatic heterocycles. The van der Waals surface area contributed by atoms with E-state index in [9.17, 15) is 4.79 Å². The van der Waals surface area contributed by atoms with Crippen LogP contribution in [0.15, 0.2) is 65.8 Å². The van der Waals surface area contributed by atoms with E-state index in [1.807, 2.05) is 66.4 Å². The van der Waals surface area contributed by atoms with Crippen molar-refractivity contribution >= 4 is 23.4 Å². The number of piperazine rings is 1. The molecular formula is C25H26N6O2. The minimum atomic E-state index is -0.278. The second-order valence-corrected chi connectivity index (χ2v) is 8.17. The van der Waals surface area contributed by atoms with Gasteiger partial charge in [0, 0.05) is 43.5 Å². The third-order valence-electron chi connectivity index (χ3n) is 5.69. The lowest BCUT2D eigenvalue weighted by atomic mass is 10.1. The number of hydrogen-bond donors (Lipinski definition) is 2. The molecule has 33 heavy (non-hydrogen) atoms. The van der Waals surface area contributed by atoms with Gasteiger partial charge >= 0.3 is 0 Å². The summed E-state index contributed by atoms with van der Waals surface area (Å²) in [4.78, 5) is 28.4. The van der Waals surface area contributed by atoms with Crippen molar-refractivity contribution in [2.24, 2.45) is 4.99 Å². The SMILES string of the molecule is Cc1ccnc(Nc2cccc(C3CN=C(c4cccc(C(=O)N5CCNCC5)c4)O3)n2)c1. The number of ether oxygens (including phenoxy) is 1. The first-order valence-electron chi connectivity index (χ1n) is 11.1. The molecule has 0 aliphatic carbocycles. The zero-order valence-corrected chi connectivity index (χ0v) is 18.5. The number of nitrogens with zero attached hydrogens (tertiary/aromatic N) is 4. The van der Waals surface area contributed by atoms with Crippen molar-refractivity contribution in [3.63, 3.8) is 0 Å². The first-order valence-corrected chi connectivity index (χ1v) is 11.1. The average Bonchev–Trinajstić information content (AvgIpc) is 3.35. The molecule has 0 bridgehead atoms. The molecule has 1 atom stereocenters. The van der Waals surface area contributed by atoms with Crippen LogP contribution >= 0.6 is 0 Å². The summed E-state index contributed by atoms with van der Waals surface area (Å²) in [7, 11) is 0. The van der Waals surface area contributed by atoms with E-state index in [0.717, 1.165) is 48.8 Å². The molecule has 1 unspecified atom stereocenters. The van der Waals surface area contributed by atoms with Gasteiger partial charge in [0.15, 0.2) is 6.10 Å². The van der Waals surface area contributed by atoms with Crippen LogP contribution in [0.2, 0.25) is 0 Å². The molecule has 168 valence electrons. The number of aromatic nitrogens is 2. The van der Waals surface area contributed by atoms with Crippen LogP contribution in [0.25, 0.3) is 0 Å². The number of anilines is 2. The average molecular weight is 443 g/mol. The lowest BCUT2D eigenvalue weighted by Gasteiger charge is -2.27. The van der Waals surface area contributed by atoms with Gasteiger partial charge in [0.05, 0.1) is 12.2 Å². The van der Waals surface area contributed by atoms with E-state index >= 15 is 0 Å². The number of rotatable bonds is 5. The molecule has 5 rings (SSSR count). The molecule has 0 radical (unpaired) electrons. The highest BCUT2D eigenvalue weighted by atomic mass is 16.5. The van der Waals surface area contributed by atoms with Gasteiger partial charge in [0.2, 0.25) is 5.90 Å². The Morgan fingerprint density at radius 3 is 2.79 bits per heavy atom. The third kappa shape index (κ3) is 4.85. The Kier molecular flexibility index (Phi) is 5.99. The molecule has 1 saturated heterocycles. The summed E-state index contributed by atoms with van der Waals surface area (Å²) in [5.74, 6) is 2.02. The first kappa shape index (κ1) is 21.1. The number of aliphatic imine (C=N–C) groups is 1. The molecule has 2 N–H and O–H groups in total. The highest BCUT2D eigenvalue weighted by molar-refractivity contribution is 6.00. The van der Waals surface area contributed by atoms with E-state index in [4.69, 9.17) is 9.72 Å². The predicted octanol–water partition coefficient (Wildman–Crippen LogP) is 3.09. The molecule has 8 heteroatoms. The second kappa shape index (κ2) is 9.38. The quantitative estimate of drug-likeness (QED) is 0.631. The van der Waals surface area contributed by atoms with E-state index in [1.54, 1.807) is 6.20 Å². The summed E-state index contributed by atoms with van der Waals surface area (Å²) in [6.45, 7) is 5.58. The van der Waals surface area contributed by atoms with Gasteiger partial charge in [-0.25, -0.2) is 15.0 Å². The zero-order valence-electron chi connectivity index (χ0n) is 18.5. The number of carbonyl (C=O) groups excluding carboxylic acids is 1. The summed E-state index contributed by atoms with van der Waals surface area (Å²) in [6, 6.07) is 17.2. The lowest BCUT2D eigenvalue weighted by Crippen LogP contribution is -2.46. The summed E-state index contributed by atoms with van der Waals surface area (Å²) in [6.07, 6.45) is 1.49. The van der Waals surface area contributed by atoms with Crippen molar-refractivity contribution in [1.29, 1.82) is 0 Å².